The summed E-state index contributed by atoms with van der Waals surface area (Å²) in [5, 5.41) is 0.271. The minimum atomic E-state index is -0.111. The quantitative estimate of drug-likeness (QED) is 0.364. The molecule has 0 bridgehead atoms. The smallest absolute Gasteiger partial charge is 0.255 e. The van der Waals surface area contributed by atoms with E-state index in [1.165, 1.54) is 12.8 Å². The first-order valence-corrected chi connectivity index (χ1v) is 13.0. The van der Waals surface area contributed by atoms with Crippen molar-refractivity contribution in [3.8, 4) is 11.5 Å². The number of hydrogen-bond acceptors (Lipinski definition) is 6. The van der Waals surface area contributed by atoms with E-state index in [2.05, 4.69) is 48.7 Å². The zero-order valence-corrected chi connectivity index (χ0v) is 23.1. The van der Waals surface area contributed by atoms with Crippen LogP contribution in [0.3, 0.4) is 0 Å². The van der Waals surface area contributed by atoms with Crippen molar-refractivity contribution in [3.63, 3.8) is 0 Å². The lowest BCUT2D eigenvalue weighted by Gasteiger charge is -2.37. The van der Waals surface area contributed by atoms with Gasteiger partial charge in [-0.2, -0.15) is 0 Å². The van der Waals surface area contributed by atoms with Gasteiger partial charge in [-0.15, -0.1) is 0 Å². The first-order valence-electron chi connectivity index (χ1n) is 12.7. The molecular weight excluding hydrogens is 476 g/mol. The molecule has 1 aromatic carbocycles. The third-order valence-electron chi connectivity index (χ3n) is 6.56. The summed E-state index contributed by atoms with van der Waals surface area (Å²) < 4.78 is 10.8. The Labute approximate surface area is 220 Å². The summed E-state index contributed by atoms with van der Waals surface area (Å²) in [4.78, 5) is 25.1. The molecule has 0 spiro atoms. The topological polar surface area (TPSA) is 58.1 Å². The molecule has 2 heterocycles. The van der Waals surface area contributed by atoms with Gasteiger partial charge in [0.15, 0.2) is 11.5 Å². The van der Waals surface area contributed by atoms with Gasteiger partial charge in [0.2, 0.25) is 0 Å². The lowest BCUT2D eigenvalue weighted by atomic mass is 10.1. The molecule has 0 saturated heterocycles. The summed E-state index contributed by atoms with van der Waals surface area (Å²) in [6.07, 6.45) is 5.85. The summed E-state index contributed by atoms with van der Waals surface area (Å²) in [6, 6.07) is 9.43. The molecule has 8 heteroatoms. The molecule has 0 N–H and O–H groups in total. The van der Waals surface area contributed by atoms with Gasteiger partial charge >= 0.3 is 0 Å². The van der Waals surface area contributed by atoms with Gasteiger partial charge in [-0.1, -0.05) is 38.4 Å². The van der Waals surface area contributed by atoms with Crippen LogP contribution in [0.2, 0.25) is 5.02 Å². The number of hydrogen-bond donors (Lipinski definition) is 0. The van der Waals surface area contributed by atoms with E-state index >= 15 is 0 Å². The number of halogens is 1. The van der Waals surface area contributed by atoms with E-state index in [0.29, 0.717) is 42.6 Å². The molecular formula is C28H39ClN4O3. The standard InChI is InChI=1S/C28H39ClN4O3/c1-7-22-18-32(17-21-11-9-10-15-30-21)25(33(22)8-2)19-31(16-14-20(3)4)28(34)23-12-13-24(35-5)27(36-6)26(23)29/h9-13,15,18,20,25H,7-8,14,16-17,19H2,1-6H3. The van der Waals surface area contributed by atoms with Gasteiger partial charge in [-0.25, -0.2) is 0 Å². The van der Waals surface area contributed by atoms with Crippen molar-refractivity contribution < 1.29 is 14.3 Å². The van der Waals surface area contributed by atoms with Gasteiger partial charge in [0.1, 0.15) is 6.17 Å². The Morgan fingerprint density at radius 2 is 1.94 bits per heavy atom. The molecule has 1 aromatic heterocycles. The van der Waals surface area contributed by atoms with Crippen molar-refractivity contribution in [2.24, 2.45) is 5.92 Å². The number of methoxy groups -OCH3 is 2. The van der Waals surface area contributed by atoms with Gasteiger partial charge < -0.3 is 24.2 Å². The summed E-state index contributed by atoms with van der Waals surface area (Å²) in [5.74, 6) is 1.22. The second-order valence-corrected chi connectivity index (χ2v) is 9.71. The SMILES string of the molecule is CCC1=CN(Cc2ccccn2)C(CN(CCC(C)C)C(=O)c2ccc(OC)c(OC)c2Cl)N1CC. The number of nitrogens with zero attached hydrogens (tertiary/aromatic N) is 4. The van der Waals surface area contributed by atoms with Crippen LogP contribution >= 0.6 is 11.6 Å². The van der Waals surface area contributed by atoms with Crippen LogP contribution in [0, 0.1) is 5.92 Å². The number of carbonyl (C=O) groups excluding carboxylic acids is 1. The van der Waals surface area contributed by atoms with Crippen molar-refractivity contribution in [2.75, 3.05) is 33.9 Å². The molecule has 2 aromatic rings. The lowest BCUT2D eigenvalue weighted by molar-refractivity contribution is 0.0567. The second-order valence-electron chi connectivity index (χ2n) is 9.33. The molecule has 0 aliphatic carbocycles. The number of ether oxygens (including phenoxy) is 2. The van der Waals surface area contributed by atoms with Crippen LogP contribution in [0.1, 0.15) is 56.6 Å². The van der Waals surface area contributed by atoms with E-state index in [1.54, 1.807) is 19.2 Å². The molecule has 36 heavy (non-hydrogen) atoms. The molecule has 0 saturated carbocycles. The van der Waals surface area contributed by atoms with Crippen LogP contribution in [0.25, 0.3) is 0 Å². The van der Waals surface area contributed by atoms with E-state index in [4.69, 9.17) is 21.1 Å². The largest absolute Gasteiger partial charge is 0.493 e. The van der Waals surface area contributed by atoms with Crippen molar-refractivity contribution in [3.05, 3.63) is 64.7 Å². The molecule has 196 valence electrons. The molecule has 1 unspecified atom stereocenters. The van der Waals surface area contributed by atoms with Crippen molar-refractivity contribution in [2.45, 2.75) is 53.2 Å². The van der Waals surface area contributed by atoms with E-state index in [0.717, 1.165) is 25.1 Å². The average molecular weight is 515 g/mol. The third kappa shape index (κ3) is 6.25. The molecule has 7 nitrogen and oxygen atoms in total. The zero-order valence-electron chi connectivity index (χ0n) is 22.3. The fourth-order valence-electron chi connectivity index (χ4n) is 4.58. The Balaban J connectivity index is 1.94. The number of allylic oxidation sites excluding steroid dienone is 1. The Kier molecular flexibility index (Phi) is 9.88. The van der Waals surface area contributed by atoms with Gasteiger partial charge in [-0.3, -0.25) is 9.78 Å². The number of carbonyl (C=O) groups is 1. The van der Waals surface area contributed by atoms with E-state index in [9.17, 15) is 4.79 Å². The number of benzene rings is 1. The molecule has 1 atom stereocenters. The number of pyridine rings is 1. The van der Waals surface area contributed by atoms with Crippen molar-refractivity contribution in [1.82, 2.24) is 19.7 Å². The summed E-state index contributed by atoms with van der Waals surface area (Å²) in [5.41, 5.74) is 2.67. The molecule has 3 rings (SSSR count). The first-order chi connectivity index (χ1) is 17.3. The van der Waals surface area contributed by atoms with Crippen LogP contribution in [-0.2, 0) is 6.54 Å². The predicted molar refractivity (Wildman–Crippen MR) is 144 cm³/mol. The third-order valence-corrected chi connectivity index (χ3v) is 6.94. The Morgan fingerprint density at radius 3 is 2.53 bits per heavy atom. The van der Waals surface area contributed by atoms with Crippen molar-refractivity contribution in [1.29, 1.82) is 0 Å². The Morgan fingerprint density at radius 1 is 1.17 bits per heavy atom. The number of rotatable bonds is 12. The van der Waals surface area contributed by atoms with E-state index < -0.39 is 0 Å². The van der Waals surface area contributed by atoms with Crippen LogP contribution in [0.4, 0.5) is 0 Å². The summed E-state index contributed by atoms with van der Waals surface area (Å²) >= 11 is 6.66. The maximum absolute atomic E-state index is 13.9. The first kappa shape index (κ1) is 27.7. The molecule has 1 amide bonds. The molecule has 1 aliphatic rings. The van der Waals surface area contributed by atoms with Crippen LogP contribution < -0.4 is 9.47 Å². The summed E-state index contributed by atoms with van der Waals surface area (Å²) in [7, 11) is 3.08. The van der Waals surface area contributed by atoms with Crippen LogP contribution in [0.5, 0.6) is 11.5 Å². The van der Waals surface area contributed by atoms with Gasteiger partial charge in [-0.05, 0) is 49.9 Å². The van der Waals surface area contributed by atoms with Gasteiger partial charge in [0.05, 0.1) is 43.6 Å². The zero-order chi connectivity index (χ0) is 26.2. The lowest BCUT2D eigenvalue weighted by Crippen LogP contribution is -2.49. The predicted octanol–water partition coefficient (Wildman–Crippen LogP) is 5.66. The van der Waals surface area contributed by atoms with Crippen LogP contribution in [0.15, 0.2) is 48.4 Å². The normalized spacial score (nSPS) is 15.3. The summed E-state index contributed by atoms with van der Waals surface area (Å²) in [6.45, 7) is 11.4. The number of amides is 1. The number of likely N-dealkylation sites (N-methyl/N-ethyl adjacent to an activating group) is 1. The monoisotopic (exact) mass is 514 g/mol. The molecule has 1 aliphatic heterocycles. The Bertz CT molecular complexity index is 1040. The minimum absolute atomic E-state index is 0.00184. The van der Waals surface area contributed by atoms with Crippen LogP contribution in [-0.4, -0.2) is 65.6 Å². The molecule has 0 radical (unpaired) electrons. The second kappa shape index (κ2) is 12.9. The number of aromatic nitrogens is 1. The Hall–Kier alpha value is -2.93. The van der Waals surface area contributed by atoms with Gasteiger partial charge in [0, 0.05) is 31.2 Å². The maximum Gasteiger partial charge on any atom is 0.255 e. The fourth-order valence-corrected chi connectivity index (χ4v) is 4.89. The fraction of sp³-hybridized carbons (Fsp3) is 0.500. The van der Waals surface area contributed by atoms with Crippen molar-refractivity contribution >= 4 is 17.5 Å². The minimum Gasteiger partial charge on any atom is -0.493 e. The highest BCUT2D eigenvalue weighted by atomic mass is 35.5. The highest BCUT2D eigenvalue weighted by Gasteiger charge is 2.34. The average Bonchev–Trinajstić information content (AvgIpc) is 3.21. The van der Waals surface area contributed by atoms with E-state index in [1.807, 2.05) is 29.3 Å². The maximum atomic E-state index is 13.9. The van der Waals surface area contributed by atoms with E-state index in [-0.39, 0.29) is 17.1 Å². The highest BCUT2D eigenvalue weighted by molar-refractivity contribution is 6.35. The molecule has 0 fully saturated rings. The van der Waals surface area contributed by atoms with Gasteiger partial charge in [0.25, 0.3) is 5.91 Å². The highest BCUT2D eigenvalue weighted by Crippen LogP contribution is 2.38.